The SMILES string of the molecule is COc1ccc(C(=O)N2CCC3(CC2)NC(=O)c2ccc(F)cc2N3C)cc1. The summed E-state index contributed by atoms with van der Waals surface area (Å²) in [7, 11) is 3.44. The first-order valence-corrected chi connectivity index (χ1v) is 9.23. The van der Waals surface area contributed by atoms with Crippen LogP contribution in [0.4, 0.5) is 10.1 Å². The molecule has 0 unspecified atom stereocenters. The molecule has 0 atom stereocenters. The standard InChI is InChI=1S/C21H22FN3O3/c1-24-18-13-15(22)5-8-17(18)19(26)23-21(24)9-11-25(12-10-21)20(27)14-3-6-16(28-2)7-4-14/h3-8,13H,9-12H2,1-2H3,(H,23,26). The first-order valence-electron chi connectivity index (χ1n) is 9.23. The van der Waals surface area contributed by atoms with Crippen molar-refractivity contribution in [3.05, 3.63) is 59.4 Å². The lowest BCUT2D eigenvalue weighted by Crippen LogP contribution is -2.67. The van der Waals surface area contributed by atoms with Crippen molar-refractivity contribution in [3.63, 3.8) is 0 Å². The fourth-order valence-corrected chi connectivity index (χ4v) is 4.02. The van der Waals surface area contributed by atoms with Crippen LogP contribution in [0.5, 0.6) is 5.75 Å². The van der Waals surface area contributed by atoms with Gasteiger partial charge in [-0.15, -0.1) is 0 Å². The summed E-state index contributed by atoms with van der Waals surface area (Å²) in [6.45, 7) is 1.00. The third kappa shape index (κ3) is 2.96. The topological polar surface area (TPSA) is 61.9 Å². The van der Waals surface area contributed by atoms with Crippen LogP contribution in [0.1, 0.15) is 33.6 Å². The predicted molar refractivity (Wildman–Crippen MR) is 103 cm³/mol. The van der Waals surface area contributed by atoms with Gasteiger partial charge in [0.2, 0.25) is 0 Å². The number of likely N-dealkylation sites (tertiary alicyclic amines) is 1. The molecule has 0 bridgehead atoms. The van der Waals surface area contributed by atoms with Crippen molar-refractivity contribution in [2.45, 2.75) is 18.5 Å². The number of carbonyl (C=O) groups is 2. The summed E-state index contributed by atoms with van der Waals surface area (Å²) in [5, 5.41) is 3.08. The van der Waals surface area contributed by atoms with Crippen molar-refractivity contribution in [2.75, 3.05) is 32.1 Å². The molecule has 146 valence electrons. The van der Waals surface area contributed by atoms with E-state index in [1.54, 1.807) is 36.3 Å². The largest absolute Gasteiger partial charge is 0.497 e. The second-order valence-corrected chi connectivity index (χ2v) is 7.23. The Labute approximate surface area is 162 Å². The molecule has 7 heteroatoms. The number of anilines is 1. The summed E-state index contributed by atoms with van der Waals surface area (Å²) < 4.78 is 18.9. The lowest BCUT2D eigenvalue weighted by molar-refractivity contribution is 0.0609. The average Bonchev–Trinajstić information content (AvgIpc) is 2.72. The number of hydrogen-bond acceptors (Lipinski definition) is 4. The molecule has 6 nitrogen and oxygen atoms in total. The number of methoxy groups -OCH3 is 1. The molecule has 28 heavy (non-hydrogen) atoms. The van der Waals surface area contributed by atoms with E-state index in [0.29, 0.717) is 48.5 Å². The fourth-order valence-electron chi connectivity index (χ4n) is 4.02. The maximum Gasteiger partial charge on any atom is 0.255 e. The minimum absolute atomic E-state index is 0.0475. The van der Waals surface area contributed by atoms with E-state index in [-0.39, 0.29) is 17.6 Å². The van der Waals surface area contributed by atoms with Gasteiger partial charge in [-0.3, -0.25) is 9.59 Å². The number of piperidine rings is 1. The minimum atomic E-state index is -0.617. The van der Waals surface area contributed by atoms with Crippen molar-refractivity contribution in [3.8, 4) is 5.75 Å². The second kappa shape index (κ2) is 6.82. The van der Waals surface area contributed by atoms with Crippen LogP contribution in [-0.4, -0.2) is 49.6 Å². The van der Waals surface area contributed by atoms with E-state index in [2.05, 4.69) is 5.32 Å². The maximum absolute atomic E-state index is 13.7. The number of hydrogen-bond donors (Lipinski definition) is 1. The van der Waals surface area contributed by atoms with E-state index in [1.165, 1.54) is 18.2 Å². The van der Waals surface area contributed by atoms with Gasteiger partial charge in [0.1, 0.15) is 17.2 Å². The van der Waals surface area contributed by atoms with E-state index in [4.69, 9.17) is 4.74 Å². The quantitative estimate of drug-likeness (QED) is 0.866. The van der Waals surface area contributed by atoms with Crippen molar-refractivity contribution in [1.82, 2.24) is 10.2 Å². The average molecular weight is 383 g/mol. The number of nitrogens with one attached hydrogen (secondary N) is 1. The van der Waals surface area contributed by atoms with E-state index in [0.717, 1.165) is 0 Å². The highest BCUT2D eigenvalue weighted by molar-refractivity contribution is 6.02. The lowest BCUT2D eigenvalue weighted by Gasteiger charge is -2.51. The van der Waals surface area contributed by atoms with Gasteiger partial charge < -0.3 is 19.9 Å². The Balaban J connectivity index is 1.51. The Morgan fingerprint density at radius 1 is 1.14 bits per heavy atom. The molecule has 0 aliphatic carbocycles. The number of halogens is 1. The Morgan fingerprint density at radius 3 is 2.46 bits per heavy atom. The molecule has 0 radical (unpaired) electrons. The minimum Gasteiger partial charge on any atom is -0.497 e. The molecule has 1 N–H and O–H groups in total. The van der Waals surface area contributed by atoms with Gasteiger partial charge in [0.05, 0.1) is 18.4 Å². The van der Waals surface area contributed by atoms with Crippen molar-refractivity contribution >= 4 is 17.5 Å². The van der Waals surface area contributed by atoms with Crippen LogP contribution in [0, 0.1) is 5.82 Å². The molecule has 0 saturated carbocycles. The fraction of sp³-hybridized carbons (Fsp3) is 0.333. The van der Waals surface area contributed by atoms with Crippen LogP contribution in [0.2, 0.25) is 0 Å². The highest BCUT2D eigenvalue weighted by Crippen LogP contribution is 2.36. The van der Waals surface area contributed by atoms with E-state index < -0.39 is 5.66 Å². The van der Waals surface area contributed by atoms with E-state index in [1.807, 2.05) is 11.9 Å². The van der Waals surface area contributed by atoms with Crippen LogP contribution < -0.4 is 15.0 Å². The molecule has 1 spiro atoms. The van der Waals surface area contributed by atoms with Gasteiger partial charge in [-0.05, 0) is 42.5 Å². The molecule has 2 aliphatic heterocycles. The second-order valence-electron chi connectivity index (χ2n) is 7.23. The van der Waals surface area contributed by atoms with E-state index in [9.17, 15) is 14.0 Å². The van der Waals surface area contributed by atoms with E-state index >= 15 is 0 Å². The van der Waals surface area contributed by atoms with Gasteiger partial charge >= 0.3 is 0 Å². The lowest BCUT2D eigenvalue weighted by atomic mass is 9.90. The molecule has 2 heterocycles. The zero-order valence-corrected chi connectivity index (χ0v) is 15.9. The first-order chi connectivity index (χ1) is 13.4. The number of nitrogens with zero attached hydrogens (tertiary/aromatic N) is 2. The smallest absolute Gasteiger partial charge is 0.255 e. The van der Waals surface area contributed by atoms with Crippen molar-refractivity contribution in [2.24, 2.45) is 0 Å². The predicted octanol–water partition coefficient (Wildman–Crippen LogP) is 2.65. The molecule has 2 amide bonds. The van der Waals surface area contributed by atoms with Gasteiger partial charge in [0.25, 0.3) is 11.8 Å². The number of carbonyl (C=O) groups excluding carboxylic acids is 2. The third-order valence-corrected chi connectivity index (χ3v) is 5.77. The summed E-state index contributed by atoms with van der Waals surface area (Å²) in [6.07, 6.45) is 1.13. The maximum atomic E-state index is 13.7. The highest BCUT2D eigenvalue weighted by Gasteiger charge is 2.45. The van der Waals surface area contributed by atoms with Crippen LogP contribution in [0.3, 0.4) is 0 Å². The zero-order chi connectivity index (χ0) is 19.9. The monoisotopic (exact) mass is 383 g/mol. The molecule has 1 saturated heterocycles. The van der Waals surface area contributed by atoms with Gasteiger partial charge in [-0.2, -0.15) is 0 Å². The number of benzene rings is 2. The number of fused-ring (bicyclic) bond motifs is 1. The van der Waals surface area contributed by atoms with Crippen LogP contribution in [-0.2, 0) is 0 Å². The third-order valence-electron chi connectivity index (χ3n) is 5.77. The Kier molecular flexibility index (Phi) is 4.45. The summed E-state index contributed by atoms with van der Waals surface area (Å²) in [6, 6.07) is 11.2. The Morgan fingerprint density at radius 2 is 1.82 bits per heavy atom. The van der Waals surface area contributed by atoms with Gasteiger partial charge in [-0.25, -0.2) is 4.39 Å². The Bertz CT molecular complexity index is 921. The zero-order valence-electron chi connectivity index (χ0n) is 15.9. The van der Waals surface area contributed by atoms with Gasteiger partial charge in [0, 0.05) is 38.5 Å². The normalized spacial score (nSPS) is 17.9. The van der Waals surface area contributed by atoms with Crippen LogP contribution >= 0.6 is 0 Å². The molecule has 1 fully saturated rings. The van der Waals surface area contributed by atoms with Gasteiger partial charge in [-0.1, -0.05) is 0 Å². The van der Waals surface area contributed by atoms with Crippen molar-refractivity contribution in [1.29, 1.82) is 0 Å². The number of amides is 2. The first kappa shape index (κ1) is 18.3. The summed E-state index contributed by atoms with van der Waals surface area (Å²) in [4.78, 5) is 29.1. The number of rotatable bonds is 2. The van der Waals surface area contributed by atoms with Crippen molar-refractivity contribution < 1.29 is 18.7 Å². The molecule has 2 aromatic rings. The summed E-state index contributed by atoms with van der Waals surface area (Å²) in [5.74, 6) is 0.0749. The molecule has 2 aliphatic rings. The van der Waals surface area contributed by atoms with Crippen LogP contribution in [0.25, 0.3) is 0 Å². The molecule has 0 aromatic heterocycles. The number of ether oxygens (including phenoxy) is 1. The molecular formula is C21H22FN3O3. The molecule has 2 aromatic carbocycles. The van der Waals surface area contributed by atoms with Crippen LogP contribution in [0.15, 0.2) is 42.5 Å². The summed E-state index contributed by atoms with van der Waals surface area (Å²) in [5.41, 5.74) is 1.03. The Hall–Kier alpha value is -3.09. The highest BCUT2D eigenvalue weighted by atomic mass is 19.1. The molecular weight excluding hydrogens is 361 g/mol. The van der Waals surface area contributed by atoms with Gasteiger partial charge in [0.15, 0.2) is 0 Å². The molecule has 4 rings (SSSR count). The summed E-state index contributed by atoms with van der Waals surface area (Å²) >= 11 is 0.